The number of hydrogen-bond donors (Lipinski definition) is 0. The van der Waals surface area contributed by atoms with Gasteiger partial charge in [0.25, 0.3) is 11.8 Å². The lowest BCUT2D eigenvalue weighted by Gasteiger charge is -2.14. The summed E-state index contributed by atoms with van der Waals surface area (Å²) < 4.78 is 0. The van der Waals surface area contributed by atoms with Crippen LogP contribution in [0.5, 0.6) is 0 Å². The molecule has 4 heteroatoms. The van der Waals surface area contributed by atoms with Crippen LogP contribution in [0.3, 0.4) is 0 Å². The Bertz CT molecular complexity index is 1160. The van der Waals surface area contributed by atoms with Gasteiger partial charge in [-0.2, -0.15) is 0 Å². The zero-order chi connectivity index (χ0) is 17.0. The van der Waals surface area contributed by atoms with Gasteiger partial charge in [-0.05, 0) is 42.5 Å². The van der Waals surface area contributed by atoms with Crippen LogP contribution in [-0.2, 0) is 0 Å². The summed E-state index contributed by atoms with van der Waals surface area (Å²) >= 11 is 0. The number of imide groups is 1. The number of para-hydroxylation sites is 1. The Morgan fingerprint density at radius 2 is 1.28 bits per heavy atom. The number of aromatic nitrogens is 1. The van der Waals surface area contributed by atoms with Crippen LogP contribution in [-0.4, -0.2) is 16.8 Å². The topological polar surface area (TPSA) is 50.3 Å². The third-order valence-electron chi connectivity index (χ3n) is 4.55. The van der Waals surface area contributed by atoms with Crippen LogP contribution >= 0.6 is 0 Å². The van der Waals surface area contributed by atoms with Crippen LogP contribution in [0.15, 0.2) is 72.8 Å². The summed E-state index contributed by atoms with van der Waals surface area (Å²) in [6, 6.07) is 22.3. The molecule has 3 aromatic carbocycles. The highest BCUT2D eigenvalue weighted by atomic mass is 16.2. The molecular weight excluding hydrogens is 312 g/mol. The maximum Gasteiger partial charge on any atom is 0.266 e. The largest absolute Gasteiger partial charge is 0.268 e. The van der Waals surface area contributed by atoms with E-state index in [1.54, 1.807) is 30.3 Å². The second kappa shape index (κ2) is 4.98. The van der Waals surface area contributed by atoms with Gasteiger partial charge in [0, 0.05) is 10.8 Å². The summed E-state index contributed by atoms with van der Waals surface area (Å²) in [4.78, 5) is 31.2. The zero-order valence-corrected chi connectivity index (χ0v) is 13.1. The van der Waals surface area contributed by atoms with Crippen molar-refractivity contribution in [3.63, 3.8) is 0 Å². The number of nitrogens with zero attached hydrogens (tertiary/aromatic N) is 2. The van der Waals surface area contributed by atoms with Gasteiger partial charge in [-0.1, -0.05) is 30.3 Å². The molecule has 25 heavy (non-hydrogen) atoms. The van der Waals surface area contributed by atoms with E-state index in [4.69, 9.17) is 0 Å². The van der Waals surface area contributed by atoms with Crippen LogP contribution in [0.25, 0.3) is 21.8 Å². The summed E-state index contributed by atoms with van der Waals surface area (Å²) in [6.45, 7) is 0. The highest BCUT2D eigenvalue weighted by Gasteiger charge is 2.36. The first-order valence-corrected chi connectivity index (χ1v) is 8.00. The fourth-order valence-corrected chi connectivity index (χ4v) is 3.33. The van der Waals surface area contributed by atoms with Crippen molar-refractivity contribution in [2.24, 2.45) is 0 Å². The molecule has 1 aliphatic rings. The molecule has 0 aliphatic carbocycles. The first-order chi connectivity index (χ1) is 12.2. The molecule has 0 unspecified atom stereocenters. The lowest BCUT2D eigenvalue weighted by Crippen LogP contribution is -2.29. The second-order valence-electron chi connectivity index (χ2n) is 6.05. The van der Waals surface area contributed by atoms with E-state index in [0.717, 1.165) is 21.8 Å². The van der Waals surface area contributed by atoms with E-state index in [-0.39, 0.29) is 11.8 Å². The molecule has 5 rings (SSSR count). The predicted octanol–water partition coefficient (Wildman–Crippen LogP) is 4.19. The van der Waals surface area contributed by atoms with Gasteiger partial charge in [0.1, 0.15) is 0 Å². The molecule has 2 heterocycles. The van der Waals surface area contributed by atoms with E-state index in [1.807, 2.05) is 42.5 Å². The maximum atomic E-state index is 12.6. The molecule has 0 saturated heterocycles. The summed E-state index contributed by atoms with van der Waals surface area (Å²) in [5.74, 6) is -0.567. The minimum atomic E-state index is -0.284. The molecule has 2 amide bonds. The van der Waals surface area contributed by atoms with Gasteiger partial charge < -0.3 is 0 Å². The second-order valence-corrected chi connectivity index (χ2v) is 6.05. The number of carbonyl (C=O) groups excluding carboxylic acids is 2. The van der Waals surface area contributed by atoms with E-state index in [2.05, 4.69) is 4.98 Å². The van der Waals surface area contributed by atoms with Gasteiger partial charge in [0.15, 0.2) is 0 Å². The molecule has 1 aromatic heterocycles. The number of carbonyl (C=O) groups is 2. The zero-order valence-electron chi connectivity index (χ0n) is 13.1. The van der Waals surface area contributed by atoms with Crippen LogP contribution < -0.4 is 4.90 Å². The molecular formula is C21H12N2O2. The first kappa shape index (κ1) is 13.9. The number of benzene rings is 3. The molecule has 1 aliphatic heterocycles. The lowest BCUT2D eigenvalue weighted by molar-refractivity contribution is 0.0926. The summed E-state index contributed by atoms with van der Waals surface area (Å²) in [7, 11) is 0. The Balaban J connectivity index is 1.68. The van der Waals surface area contributed by atoms with E-state index < -0.39 is 0 Å². The normalized spacial score (nSPS) is 13.7. The SMILES string of the molecule is O=C1c2ccccc2C(=O)N1c1ccc2nc3ccccc3cc2c1. The van der Waals surface area contributed by atoms with Gasteiger partial charge >= 0.3 is 0 Å². The Morgan fingerprint density at radius 1 is 0.640 bits per heavy atom. The van der Waals surface area contributed by atoms with Gasteiger partial charge in [0.05, 0.1) is 27.8 Å². The van der Waals surface area contributed by atoms with E-state index in [9.17, 15) is 9.59 Å². The van der Waals surface area contributed by atoms with Crippen molar-refractivity contribution in [1.82, 2.24) is 4.98 Å². The van der Waals surface area contributed by atoms with Crippen LogP contribution in [0, 0.1) is 0 Å². The average molecular weight is 324 g/mol. The fraction of sp³-hybridized carbons (Fsp3) is 0. The molecule has 4 aromatic rings. The van der Waals surface area contributed by atoms with Crippen molar-refractivity contribution >= 4 is 39.3 Å². The summed E-state index contributed by atoms with van der Waals surface area (Å²) in [6.07, 6.45) is 0. The Labute approximate surface area is 143 Å². The number of hydrogen-bond acceptors (Lipinski definition) is 3. The highest BCUT2D eigenvalue weighted by molar-refractivity contribution is 6.34. The van der Waals surface area contributed by atoms with E-state index >= 15 is 0 Å². The number of fused-ring (bicyclic) bond motifs is 3. The van der Waals surface area contributed by atoms with Crippen LogP contribution in [0.4, 0.5) is 5.69 Å². The van der Waals surface area contributed by atoms with Crippen molar-refractivity contribution in [3.05, 3.63) is 83.9 Å². The Kier molecular flexibility index (Phi) is 2.76. The molecule has 0 saturated carbocycles. The monoisotopic (exact) mass is 324 g/mol. The molecule has 118 valence electrons. The quantitative estimate of drug-likeness (QED) is 0.390. The van der Waals surface area contributed by atoms with E-state index in [0.29, 0.717) is 16.8 Å². The smallest absolute Gasteiger partial charge is 0.266 e. The molecule has 0 fully saturated rings. The van der Waals surface area contributed by atoms with Crippen molar-refractivity contribution in [1.29, 1.82) is 0 Å². The molecule has 0 spiro atoms. The van der Waals surface area contributed by atoms with Crippen LogP contribution in [0.1, 0.15) is 20.7 Å². The minimum absolute atomic E-state index is 0.284. The minimum Gasteiger partial charge on any atom is -0.268 e. The van der Waals surface area contributed by atoms with E-state index in [1.165, 1.54) is 4.90 Å². The molecule has 0 bridgehead atoms. The fourth-order valence-electron chi connectivity index (χ4n) is 3.33. The Morgan fingerprint density at radius 3 is 2.04 bits per heavy atom. The number of anilines is 1. The third kappa shape index (κ3) is 1.97. The lowest BCUT2D eigenvalue weighted by atomic mass is 10.1. The number of amides is 2. The maximum absolute atomic E-state index is 12.6. The van der Waals surface area contributed by atoms with Gasteiger partial charge in [-0.15, -0.1) is 0 Å². The average Bonchev–Trinajstić information content (AvgIpc) is 2.91. The summed E-state index contributed by atoms with van der Waals surface area (Å²) in [5.41, 5.74) is 3.21. The molecule has 4 nitrogen and oxygen atoms in total. The first-order valence-electron chi connectivity index (χ1n) is 8.00. The Hall–Kier alpha value is -3.53. The molecule has 0 radical (unpaired) electrons. The number of pyridine rings is 1. The van der Waals surface area contributed by atoms with Crippen molar-refractivity contribution in [3.8, 4) is 0 Å². The van der Waals surface area contributed by atoms with Crippen molar-refractivity contribution in [2.45, 2.75) is 0 Å². The van der Waals surface area contributed by atoms with Crippen molar-refractivity contribution < 1.29 is 9.59 Å². The molecule has 0 N–H and O–H groups in total. The van der Waals surface area contributed by atoms with Gasteiger partial charge in [-0.3, -0.25) is 9.59 Å². The van der Waals surface area contributed by atoms with Crippen LogP contribution in [0.2, 0.25) is 0 Å². The standard InChI is InChI=1S/C21H12N2O2/c24-20-16-6-2-3-7-17(16)21(25)23(20)15-9-10-19-14(12-15)11-13-5-1-4-8-18(13)22-19/h1-12H. The third-order valence-corrected chi connectivity index (χ3v) is 4.55. The highest BCUT2D eigenvalue weighted by Crippen LogP contribution is 2.31. The van der Waals surface area contributed by atoms with Gasteiger partial charge in [0.2, 0.25) is 0 Å². The number of rotatable bonds is 1. The van der Waals surface area contributed by atoms with Gasteiger partial charge in [-0.25, -0.2) is 9.88 Å². The molecule has 0 atom stereocenters. The summed E-state index contributed by atoms with van der Waals surface area (Å²) in [5, 5.41) is 1.92. The van der Waals surface area contributed by atoms with Crippen molar-refractivity contribution in [2.75, 3.05) is 4.90 Å². The predicted molar refractivity (Wildman–Crippen MR) is 96.8 cm³/mol.